The first-order valence-corrected chi connectivity index (χ1v) is 13.7. The molecule has 2 aromatic rings. The van der Waals surface area contributed by atoms with Crippen LogP contribution in [0.4, 0.5) is 23.7 Å². The molecule has 2 aliphatic heterocycles. The number of nitriles is 1. The lowest BCUT2D eigenvalue weighted by atomic mass is 9.91. The number of hydrazone groups is 1. The Morgan fingerprint density at radius 1 is 1.21 bits per heavy atom. The second-order valence-corrected chi connectivity index (χ2v) is 10.8. The minimum atomic E-state index is -4.64. The van der Waals surface area contributed by atoms with Gasteiger partial charge in [0.05, 0.1) is 27.9 Å². The first kappa shape index (κ1) is 31.2. The number of carboxylic acid groups (broad SMARTS) is 1. The molecule has 1 saturated heterocycles. The Bertz CT molecular complexity index is 1420. The van der Waals surface area contributed by atoms with Crippen LogP contribution in [0.1, 0.15) is 30.9 Å². The van der Waals surface area contributed by atoms with Crippen LogP contribution < -0.4 is 15.4 Å². The van der Waals surface area contributed by atoms with Crippen LogP contribution in [0.15, 0.2) is 46.5 Å². The summed E-state index contributed by atoms with van der Waals surface area (Å²) in [5.74, 6) is -0.603. The molecule has 4 rings (SSSR count). The Hall–Kier alpha value is -3.73. The van der Waals surface area contributed by atoms with E-state index in [9.17, 15) is 28.3 Å². The van der Waals surface area contributed by atoms with Gasteiger partial charge in [0.25, 0.3) is 0 Å². The Labute approximate surface area is 250 Å². The van der Waals surface area contributed by atoms with Crippen LogP contribution in [0, 0.1) is 17.4 Å². The molecule has 0 aliphatic carbocycles. The number of likely N-dealkylation sites (tertiary alicyclic amines) is 1. The van der Waals surface area contributed by atoms with E-state index in [0.717, 1.165) is 25.2 Å². The number of alkyl halides is 3. The van der Waals surface area contributed by atoms with Gasteiger partial charge in [0, 0.05) is 25.0 Å². The van der Waals surface area contributed by atoms with E-state index in [1.807, 2.05) is 7.05 Å². The molecule has 2 heterocycles. The highest BCUT2D eigenvalue weighted by Gasteiger charge is 2.36. The van der Waals surface area contributed by atoms with Gasteiger partial charge in [0.2, 0.25) is 5.96 Å². The molecule has 2 aromatic carbocycles. The molecule has 1 fully saturated rings. The van der Waals surface area contributed by atoms with Gasteiger partial charge in [-0.2, -0.15) is 23.5 Å². The van der Waals surface area contributed by atoms with Crippen molar-refractivity contribution >= 4 is 46.7 Å². The summed E-state index contributed by atoms with van der Waals surface area (Å²) in [6.45, 7) is 3.23. The molecule has 2 atom stereocenters. The molecule has 0 radical (unpaired) electrons. The second kappa shape index (κ2) is 13.1. The zero-order chi connectivity index (χ0) is 30.6. The molecule has 42 heavy (non-hydrogen) atoms. The van der Waals surface area contributed by atoms with Gasteiger partial charge in [-0.3, -0.25) is 5.32 Å². The normalized spacial score (nSPS) is 19.2. The monoisotopic (exact) mass is 625 g/mol. The van der Waals surface area contributed by atoms with E-state index in [1.165, 1.54) is 11.1 Å². The predicted molar refractivity (Wildman–Crippen MR) is 152 cm³/mol. The smallest absolute Gasteiger partial charge is 0.416 e. The fourth-order valence-electron chi connectivity index (χ4n) is 4.75. The number of hydrogen-bond donors (Lipinski definition) is 3. The highest BCUT2D eigenvalue weighted by atomic mass is 35.5. The van der Waals surface area contributed by atoms with Crippen LogP contribution in [0.3, 0.4) is 0 Å². The fourth-order valence-corrected chi connectivity index (χ4v) is 5.04. The summed E-state index contributed by atoms with van der Waals surface area (Å²) < 4.78 is 47.1. The molecule has 1 amide bonds. The van der Waals surface area contributed by atoms with E-state index in [2.05, 4.69) is 25.6 Å². The quantitative estimate of drug-likeness (QED) is 0.167. The number of rotatable bonds is 6. The van der Waals surface area contributed by atoms with Crippen LogP contribution >= 0.6 is 23.2 Å². The van der Waals surface area contributed by atoms with Gasteiger partial charge in [-0.25, -0.2) is 14.8 Å². The van der Waals surface area contributed by atoms with Gasteiger partial charge >= 0.3 is 12.3 Å². The van der Waals surface area contributed by atoms with Gasteiger partial charge in [0.15, 0.2) is 6.19 Å². The van der Waals surface area contributed by atoms with Crippen molar-refractivity contribution in [2.45, 2.75) is 38.1 Å². The maximum absolute atomic E-state index is 13.7. The molecule has 2 unspecified atom stereocenters. The molecule has 0 aromatic heterocycles. The Kier molecular flexibility index (Phi) is 9.71. The lowest BCUT2D eigenvalue weighted by Gasteiger charge is -2.29. The van der Waals surface area contributed by atoms with Crippen molar-refractivity contribution in [3.63, 3.8) is 0 Å². The number of nitrogens with one attached hydrogen (secondary N) is 2. The number of ether oxygens (including phenoxy) is 1. The number of guanidine groups is 1. The summed E-state index contributed by atoms with van der Waals surface area (Å²) in [4.78, 5) is 17.9. The highest BCUT2D eigenvalue weighted by molar-refractivity contribution is 6.42. The number of benzene rings is 2. The third kappa shape index (κ3) is 7.56. The maximum atomic E-state index is 13.7. The third-order valence-electron chi connectivity index (χ3n) is 7.00. The number of hydrogen-bond acceptors (Lipinski definition) is 6. The summed E-state index contributed by atoms with van der Waals surface area (Å²) in [5, 5.41) is 30.1. The number of nitrogens with zero attached hydrogens (tertiary/aromatic N) is 5. The number of carbonyl (C=O) groups is 1. The molecular weight excluding hydrogens is 598 g/mol. The molecule has 3 N–H and O–H groups in total. The highest BCUT2D eigenvalue weighted by Crippen LogP contribution is 2.38. The van der Waals surface area contributed by atoms with Crippen molar-refractivity contribution in [3.8, 4) is 11.9 Å². The Morgan fingerprint density at radius 3 is 2.55 bits per heavy atom. The largest absolute Gasteiger partial charge is 0.488 e. The molecule has 2 aliphatic rings. The van der Waals surface area contributed by atoms with Crippen molar-refractivity contribution in [3.05, 3.63) is 57.6 Å². The zero-order valence-corrected chi connectivity index (χ0v) is 24.1. The average molecular weight is 626 g/mol. The van der Waals surface area contributed by atoms with Crippen molar-refractivity contribution in [2.75, 3.05) is 26.7 Å². The minimum absolute atomic E-state index is 0.0364. The van der Waals surface area contributed by atoms with Crippen LogP contribution in [-0.2, 0) is 6.18 Å². The third-order valence-corrected chi connectivity index (χ3v) is 7.74. The summed E-state index contributed by atoms with van der Waals surface area (Å²) in [7, 11) is 1.98. The number of piperidine rings is 1. The van der Waals surface area contributed by atoms with E-state index in [0.29, 0.717) is 29.1 Å². The predicted octanol–water partition coefficient (Wildman–Crippen LogP) is 5.54. The summed E-state index contributed by atoms with van der Waals surface area (Å²) in [6, 6.07) is 7.14. The Balaban J connectivity index is 1.76. The number of halogens is 5. The number of amides is 1. The van der Waals surface area contributed by atoms with Crippen molar-refractivity contribution in [1.82, 2.24) is 20.5 Å². The maximum Gasteiger partial charge on any atom is 0.416 e. The number of aliphatic imine (C=N–C) groups is 1. The van der Waals surface area contributed by atoms with Gasteiger partial charge in [-0.1, -0.05) is 29.3 Å². The fraction of sp³-hybridized carbons (Fsp3) is 0.407. The van der Waals surface area contributed by atoms with E-state index in [4.69, 9.17) is 27.9 Å². The molecule has 10 nitrogen and oxygen atoms in total. The molecule has 15 heteroatoms. The zero-order valence-electron chi connectivity index (χ0n) is 22.6. The van der Waals surface area contributed by atoms with Crippen molar-refractivity contribution in [1.29, 1.82) is 5.26 Å². The van der Waals surface area contributed by atoms with Gasteiger partial charge < -0.3 is 20.1 Å². The Morgan fingerprint density at radius 2 is 1.93 bits per heavy atom. The van der Waals surface area contributed by atoms with Crippen molar-refractivity contribution in [2.24, 2.45) is 16.0 Å². The van der Waals surface area contributed by atoms with Gasteiger partial charge in [-0.05, 0) is 62.7 Å². The molecule has 224 valence electrons. The summed E-state index contributed by atoms with van der Waals surface area (Å²) in [6.07, 6.45) is -3.00. The van der Waals surface area contributed by atoms with Crippen LogP contribution in [0.25, 0.3) is 0 Å². The topological polar surface area (TPSA) is 126 Å². The van der Waals surface area contributed by atoms with E-state index in [-0.39, 0.29) is 35.1 Å². The molecule has 0 saturated carbocycles. The summed E-state index contributed by atoms with van der Waals surface area (Å²) in [5.41, 5.74) is -0.133. The second-order valence-electron chi connectivity index (χ2n) is 10.0. The first-order chi connectivity index (χ1) is 19.8. The van der Waals surface area contributed by atoms with Crippen LogP contribution in [0.5, 0.6) is 5.75 Å². The SMILES string of the molecule is CC(NC(=O)O)C1CN(C(=Nc2cc(C(F)(F)F)ccc2OC2CCN(C)CC2)NC#N)N=C1c1ccc(Cl)c(Cl)c1. The molecule has 0 bridgehead atoms. The van der Waals surface area contributed by atoms with E-state index in [1.54, 1.807) is 31.3 Å². The lowest BCUT2D eigenvalue weighted by Crippen LogP contribution is -2.43. The average Bonchev–Trinajstić information content (AvgIpc) is 3.37. The van der Waals surface area contributed by atoms with E-state index >= 15 is 0 Å². The minimum Gasteiger partial charge on any atom is -0.488 e. The van der Waals surface area contributed by atoms with Gasteiger partial charge in [0.1, 0.15) is 17.5 Å². The standard InChI is InChI=1S/C27H28Cl2F3N7O3/c1-15(35-26(40)41)19-13-39(37-24(19)16-3-5-20(28)21(29)11-16)25(34-14-33)36-22-12-17(27(30,31)32)4-6-23(22)42-18-7-9-38(2)10-8-18/h3-6,11-12,15,18-19,35H,7-10,13H2,1-2H3,(H,34,36)(H,40,41). The van der Waals surface area contributed by atoms with Crippen molar-refractivity contribution < 1.29 is 27.8 Å². The lowest BCUT2D eigenvalue weighted by molar-refractivity contribution is -0.137. The van der Waals surface area contributed by atoms with Crippen LogP contribution in [0.2, 0.25) is 10.0 Å². The first-order valence-electron chi connectivity index (χ1n) is 13.0. The summed E-state index contributed by atoms with van der Waals surface area (Å²) >= 11 is 12.3. The van der Waals surface area contributed by atoms with Crippen LogP contribution in [-0.4, -0.2) is 71.6 Å². The van der Waals surface area contributed by atoms with E-state index < -0.39 is 29.8 Å². The molecular formula is C27H28Cl2F3N7O3. The van der Waals surface area contributed by atoms with Gasteiger partial charge in [-0.15, -0.1) is 0 Å². The molecule has 0 spiro atoms.